The molecule has 2 heterocycles. The summed E-state index contributed by atoms with van der Waals surface area (Å²) in [7, 11) is 1.64. The van der Waals surface area contributed by atoms with Crippen LogP contribution in [0.15, 0.2) is 74.2 Å². The van der Waals surface area contributed by atoms with Crippen molar-refractivity contribution in [2.75, 3.05) is 30.4 Å². The number of nitrogen functional groups attached to an aromatic ring is 1. The van der Waals surface area contributed by atoms with E-state index in [1.807, 2.05) is 55.0 Å². The molecule has 4 aromatic rings. The van der Waals surface area contributed by atoms with Crippen molar-refractivity contribution in [1.29, 1.82) is 5.41 Å². The summed E-state index contributed by atoms with van der Waals surface area (Å²) in [5.41, 5.74) is 17.3. The summed E-state index contributed by atoms with van der Waals surface area (Å²) in [6.07, 6.45) is 4.00. The van der Waals surface area contributed by atoms with E-state index in [4.69, 9.17) is 21.6 Å². The highest BCUT2D eigenvalue weighted by Gasteiger charge is 2.12. The van der Waals surface area contributed by atoms with Crippen molar-refractivity contribution < 1.29 is 9.13 Å². The lowest BCUT2D eigenvalue weighted by atomic mass is 10.2. The van der Waals surface area contributed by atoms with Crippen molar-refractivity contribution in [3.05, 3.63) is 81.8 Å². The first-order valence-electron chi connectivity index (χ1n) is 11.2. The quantitative estimate of drug-likeness (QED) is 0.0609. The molecule has 4 rings (SSSR count). The van der Waals surface area contributed by atoms with Crippen LogP contribution in [-0.2, 0) is 0 Å². The zero-order chi connectivity index (χ0) is 27.7. The molecule has 0 aliphatic rings. The number of ether oxygens (including phenoxy) is 1. The predicted molar refractivity (Wildman–Crippen MR) is 165 cm³/mol. The third-order valence-corrected chi connectivity index (χ3v) is 9.46. The number of methoxy groups -OCH3 is 1. The largest absolute Gasteiger partial charge is 0.497 e. The molecule has 2 aromatic carbocycles. The molecule has 0 unspecified atom stereocenters. The Kier molecular flexibility index (Phi) is 10.9. The van der Waals surface area contributed by atoms with Crippen LogP contribution in [0.25, 0.3) is 0 Å². The van der Waals surface area contributed by atoms with E-state index >= 15 is 0 Å². The van der Waals surface area contributed by atoms with E-state index in [2.05, 4.69) is 15.8 Å². The Morgan fingerprint density at radius 1 is 0.947 bits per heavy atom. The Morgan fingerprint density at radius 3 is 2.21 bits per heavy atom. The molecular weight excluding hydrogens is 560 g/mol. The maximum Gasteiger partial charge on any atom is 0.161 e. The molecule has 7 N–H and O–H groups in total. The second kappa shape index (κ2) is 14.1. The van der Waals surface area contributed by atoms with Gasteiger partial charge in [0.05, 0.1) is 36.7 Å². The van der Waals surface area contributed by atoms with Gasteiger partial charge >= 0.3 is 0 Å². The van der Waals surface area contributed by atoms with Crippen LogP contribution in [0.2, 0.25) is 0 Å². The van der Waals surface area contributed by atoms with Gasteiger partial charge in [-0.2, -0.15) is 5.10 Å². The summed E-state index contributed by atoms with van der Waals surface area (Å²) < 4.78 is 20.9. The number of rotatable bonds is 9. The smallest absolute Gasteiger partial charge is 0.161 e. The number of thiophene rings is 2. The van der Waals surface area contributed by atoms with Gasteiger partial charge in [0.15, 0.2) is 5.84 Å². The fourth-order valence-corrected chi connectivity index (χ4v) is 5.97. The van der Waals surface area contributed by atoms with E-state index in [-0.39, 0.29) is 11.7 Å². The Labute approximate surface area is 238 Å². The summed E-state index contributed by atoms with van der Waals surface area (Å²) in [4.78, 5) is 1.63. The van der Waals surface area contributed by atoms with Crippen molar-refractivity contribution >= 4 is 74.9 Å². The lowest BCUT2D eigenvalue weighted by molar-refractivity contribution is 0.415. The SMILES string of the molecule is COc1ccc(NN=C(N)c2ccc(SC)s2)cc1.CSc1cc(Nc2ccc(C)c(F)c2)c(C(=N)N)s1. The third kappa shape index (κ3) is 8.15. The fourth-order valence-electron chi connectivity index (χ4n) is 3.00. The van der Waals surface area contributed by atoms with Crippen molar-refractivity contribution in [2.24, 2.45) is 16.6 Å². The van der Waals surface area contributed by atoms with Gasteiger partial charge in [-0.05, 0) is 79.6 Å². The van der Waals surface area contributed by atoms with Gasteiger partial charge in [-0.25, -0.2) is 4.39 Å². The fraction of sp³-hybridized carbons (Fsp3) is 0.154. The number of aryl methyl sites for hydroxylation is 1. The van der Waals surface area contributed by atoms with Crippen LogP contribution in [0.3, 0.4) is 0 Å². The van der Waals surface area contributed by atoms with Crippen molar-refractivity contribution in [3.63, 3.8) is 0 Å². The number of nitrogens with two attached hydrogens (primary N) is 2. The molecule has 2 aromatic heterocycles. The molecule has 200 valence electrons. The first kappa shape index (κ1) is 29.4. The second-order valence-electron chi connectivity index (χ2n) is 7.68. The van der Waals surface area contributed by atoms with E-state index in [0.717, 1.165) is 26.2 Å². The van der Waals surface area contributed by atoms with Crippen LogP contribution in [0, 0.1) is 18.2 Å². The Balaban J connectivity index is 0.000000211. The minimum absolute atomic E-state index is 0.0142. The Morgan fingerprint density at radius 2 is 1.63 bits per heavy atom. The normalized spacial score (nSPS) is 10.9. The number of thioether (sulfide) groups is 2. The van der Waals surface area contributed by atoms with Gasteiger partial charge < -0.3 is 21.5 Å². The highest BCUT2D eigenvalue weighted by Crippen LogP contribution is 2.34. The summed E-state index contributed by atoms with van der Waals surface area (Å²) >= 11 is 6.37. The third-order valence-electron chi connectivity index (χ3n) is 5.04. The molecule has 0 amide bonds. The number of hydrogen-bond acceptors (Lipinski definition) is 9. The first-order valence-corrected chi connectivity index (χ1v) is 15.2. The summed E-state index contributed by atoms with van der Waals surface area (Å²) in [6, 6.07) is 18.4. The van der Waals surface area contributed by atoms with Crippen molar-refractivity contribution in [3.8, 4) is 5.75 Å². The first-order chi connectivity index (χ1) is 18.2. The molecule has 0 aliphatic heterocycles. The minimum atomic E-state index is -0.255. The van der Waals surface area contributed by atoms with Gasteiger partial charge in [0, 0.05) is 5.69 Å². The molecule has 0 spiro atoms. The van der Waals surface area contributed by atoms with E-state index in [1.165, 1.54) is 21.6 Å². The molecule has 38 heavy (non-hydrogen) atoms. The lowest BCUT2D eigenvalue weighted by Crippen LogP contribution is -2.13. The summed E-state index contributed by atoms with van der Waals surface area (Å²) in [6.45, 7) is 1.72. The molecule has 0 bridgehead atoms. The van der Waals surface area contributed by atoms with E-state index in [1.54, 1.807) is 61.0 Å². The number of anilines is 3. The van der Waals surface area contributed by atoms with Gasteiger partial charge in [0.1, 0.15) is 17.4 Å². The molecule has 7 nitrogen and oxygen atoms in total. The second-order valence-corrected chi connectivity index (χ2v) is 12.0. The maximum absolute atomic E-state index is 13.5. The van der Waals surface area contributed by atoms with Gasteiger partial charge in [-0.3, -0.25) is 10.8 Å². The summed E-state index contributed by atoms with van der Waals surface area (Å²) in [5, 5.41) is 14.9. The number of halogens is 1. The molecule has 0 fully saturated rings. The van der Waals surface area contributed by atoms with E-state index in [9.17, 15) is 4.39 Å². The molecule has 0 aliphatic carbocycles. The zero-order valence-corrected chi connectivity index (χ0v) is 24.6. The van der Waals surface area contributed by atoms with E-state index < -0.39 is 0 Å². The van der Waals surface area contributed by atoms with Gasteiger partial charge in [0.25, 0.3) is 0 Å². The van der Waals surface area contributed by atoms with Crippen molar-refractivity contribution in [2.45, 2.75) is 15.3 Å². The van der Waals surface area contributed by atoms with Gasteiger partial charge in [-0.1, -0.05) is 6.07 Å². The zero-order valence-electron chi connectivity index (χ0n) is 21.3. The van der Waals surface area contributed by atoms with Gasteiger partial charge in [-0.15, -0.1) is 46.2 Å². The molecule has 0 saturated carbocycles. The van der Waals surface area contributed by atoms with Crippen LogP contribution in [-0.4, -0.2) is 31.3 Å². The van der Waals surface area contributed by atoms with Crippen LogP contribution in [0.1, 0.15) is 15.3 Å². The average molecular weight is 589 g/mol. The number of benzene rings is 2. The standard InChI is InChI=1S/C13H14FN3S2.C13H15N3OS2/c1-7-3-4-8(5-9(7)14)17-10-6-11(18-2)19-12(10)13(15)16;1-17-10-5-3-9(4-6-10)15-16-13(14)11-7-8-12(18-2)19-11/h3-6,17H,1-2H3,(H3,15,16);3-8,15H,1-2H3,(H2,14,16). The predicted octanol–water partition coefficient (Wildman–Crippen LogP) is 7.16. The Bertz CT molecular complexity index is 1400. The maximum atomic E-state index is 13.5. The van der Waals surface area contributed by atoms with E-state index in [0.29, 0.717) is 22.0 Å². The van der Waals surface area contributed by atoms with Crippen molar-refractivity contribution in [1.82, 2.24) is 0 Å². The number of amidine groups is 2. The number of nitrogens with one attached hydrogen (secondary N) is 3. The molecule has 0 saturated heterocycles. The number of hydrogen-bond donors (Lipinski definition) is 5. The van der Waals surface area contributed by atoms with Crippen LogP contribution < -0.4 is 26.9 Å². The lowest BCUT2D eigenvalue weighted by Gasteiger charge is -2.07. The number of hydrazone groups is 1. The molecule has 0 radical (unpaired) electrons. The van der Waals surface area contributed by atoms with Crippen LogP contribution in [0.5, 0.6) is 5.75 Å². The minimum Gasteiger partial charge on any atom is -0.497 e. The topological polar surface area (TPSA) is 122 Å². The molecule has 0 atom stereocenters. The average Bonchev–Trinajstić information content (AvgIpc) is 3.57. The molecule has 12 heteroatoms. The molecular formula is C26H29FN6OS4. The highest BCUT2D eigenvalue weighted by molar-refractivity contribution is 8.00. The highest BCUT2D eigenvalue weighted by atomic mass is 32.2. The van der Waals surface area contributed by atoms with Gasteiger partial charge in [0.2, 0.25) is 0 Å². The van der Waals surface area contributed by atoms with Crippen LogP contribution >= 0.6 is 46.2 Å². The summed E-state index contributed by atoms with van der Waals surface area (Å²) in [5.74, 6) is 1.06. The number of nitrogens with zero attached hydrogens (tertiary/aromatic N) is 1. The monoisotopic (exact) mass is 588 g/mol. The van der Waals surface area contributed by atoms with Crippen LogP contribution in [0.4, 0.5) is 21.5 Å². The Hall–Kier alpha value is -3.19.